The second kappa shape index (κ2) is 11.4. The van der Waals surface area contributed by atoms with E-state index < -0.39 is 17.9 Å². The molecule has 0 aliphatic carbocycles. The number of hydrogen-bond donors (Lipinski definition) is 1. The molecule has 1 heterocycles. The van der Waals surface area contributed by atoms with E-state index in [1.165, 1.54) is 17.2 Å². The van der Waals surface area contributed by atoms with Gasteiger partial charge >= 0.3 is 17.9 Å². The molecule has 0 spiro atoms. The van der Waals surface area contributed by atoms with Gasteiger partial charge in [-0.1, -0.05) is 30.2 Å². The minimum Gasteiger partial charge on any atom is -0.481 e. The Morgan fingerprint density at radius 2 is 1.81 bits per heavy atom. The number of esters is 2. The van der Waals surface area contributed by atoms with E-state index in [-0.39, 0.29) is 12.3 Å². The van der Waals surface area contributed by atoms with Gasteiger partial charge in [0, 0.05) is 18.1 Å². The van der Waals surface area contributed by atoms with Gasteiger partial charge in [-0.25, -0.2) is 9.59 Å². The van der Waals surface area contributed by atoms with Crippen molar-refractivity contribution in [2.24, 2.45) is 5.92 Å². The summed E-state index contributed by atoms with van der Waals surface area (Å²) in [6, 6.07) is 0. The minimum atomic E-state index is -0.730. The van der Waals surface area contributed by atoms with Crippen LogP contribution in [0.15, 0.2) is 34.9 Å². The fraction of sp³-hybridized carbons (Fsp3) is 0.571. The van der Waals surface area contributed by atoms with E-state index in [0.29, 0.717) is 12.0 Å². The van der Waals surface area contributed by atoms with E-state index in [9.17, 15) is 14.4 Å². The molecule has 144 valence electrons. The Hall–Kier alpha value is -2.17. The highest BCUT2D eigenvalue weighted by Crippen LogP contribution is 2.18. The molecule has 0 amide bonds. The first-order valence-electron chi connectivity index (χ1n) is 9.27. The van der Waals surface area contributed by atoms with Crippen LogP contribution < -0.4 is 0 Å². The molecule has 0 radical (unpaired) electrons. The third kappa shape index (κ3) is 9.35. The maximum Gasteiger partial charge on any atom is 0.342 e. The smallest absolute Gasteiger partial charge is 0.342 e. The van der Waals surface area contributed by atoms with E-state index in [4.69, 9.17) is 5.11 Å². The summed E-state index contributed by atoms with van der Waals surface area (Å²) in [6.45, 7) is 6.17. The van der Waals surface area contributed by atoms with E-state index in [1.54, 1.807) is 0 Å². The molecule has 26 heavy (non-hydrogen) atoms. The van der Waals surface area contributed by atoms with Crippen molar-refractivity contribution in [1.29, 1.82) is 0 Å². The first-order chi connectivity index (χ1) is 12.3. The number of cyclic esters (lactones) is 2. The average Bonchev–Trinajstić information content (AvgIpc) is 2.84. The normalized spacial score (nSPS) is 16.5. The van der Waals surface area contributed by atoms with Gasteiger partial charge in [-0.2, -0.15) is 0 Å². The third-order valence-corrected chi connectivity index (χ3v) is 4.47. The lowest BCUT2D eigenvalue weighted by molar-refractivity contribution is -0.150. The van der Waals surface area contributed by atoms with Gasteiger partial charge in [-0.3, -0.25) is 4.79 Å². The Kier molecular flexibility index (Phi) is 9.63. The molecule has 0 fully saturated rings. The SMILES string of the molecule is C/C(=C/CC[C@@H](C)CC(=O)O)CC/C=C(/C)CCCC1=CC(=O)OC1=O. The van der Waals surface area contributed by atoms with Crippen molar-refractivity contribution in [3.63, 3.8) is 0 Å². The quantitative estimate of drug-likeness (QED) is 0.308. The van der Waals surface area contributed by atoms with Crippen molar-refractivity contribution in [1.82, 2.24) is 0 Å². The summed E-state index contributed by atoms with van der Waals surface area (Å²) in [5.41, 5.74) is 3.08. The topological polar surface area (TPSA) is 80.7 Å². The van der Waals surface area contributed by atoms with Crippen molar-refractivity contribution in [3.05, 3.63) is 34.9 Å². The summed E-state index contributed by atoms with van der Waals surface area (Å²) in [7, 11) is 0. The van der Waals surface area contributed by atoms with Crippen molar-refractivity contribution in [2.45, 2.75) is 72.1 Å². The van der Waals surface area contributed by atoms with Gasteiger partial charge in [-0.05, 0) is 64.7 Å². The van der Waals surface area contributed by atoms with Gasteiger partial charge in [0.25, 0.3) is 0 Å². The van der Waals surface area contributed by atoms with Crippen molar-refractivity contribution < 1.29 is 24.2 Å². The Bertz CT molecular complexity index is 610. The van der Waals surface area contributed by atoms with E-state index in [2.05, 4.69) is 30.7 Å². The highest BCUT2D eigenvalue weighted by Gasteiger charge is 2.22. The maximum absolute atomic E-state index is 11.3. The molecular formula is C21H30O5. The second-order valence-corrected chi connectivity index (χ2v) is 7.15. The molecule has 1 atom stereocenters. The largest absolute Gasteiger partial charge is 0.481 e. The predicted octanol–water partition coefficient (Wildman–Crippen LogP) is 4.73. The zero-order chi connectivity index (χ0) is 19.5. The summed E-state index contributed by atoms with van der Waals surface area (Å²) in [6.07, 6.45) is 12.0. The molecular weight excluding hydrogens is 332 g/mol. The molecule has 0 saturated heterocycles. The summed E-state index contributed by atoms with van der Waals surface area (Å²) >= 11 is 0. The molecule has 0 aromatic rings. The molecule has 0 bridgehead atoms. The lowest BCUT2D eigenvalue weighted by Gasteiger charge is -2.06. The number of aliphatic carboxylic acids is 1. The monoisotopic (exact) mass is 362 g/mol. The van der Waals surface area contributed by atoms with E-state index >= 15 is 0 Å². The standard InChI is InChI=1S/C21H30O5/c1-15(9-5-11-17(3)13-19(22)23)7-4-8-16(2)10-6-12-18-14-20(24)26-21(18)25/h8-9,14,17H,4-7,10-13H2,1-3H3,(H,22,23)/b15-9-,16-8-/t17-/m1/s1. The molecule has 0 saturated carbocycles. The van der Waals surface area contributed by atoms with Crippen LogP contribution in [0.1, 0.15) is 72.1 Å². The number of carbonyl (C=O) groups excluding carboxylic acids is 2. The van der Waals surface area contributed by atoms with E-state index in [0.717, 1.165) is 38.5 Å². The van der Waals surface area contributed by atoms with Crippen LogP contribution in [0, 0.1) is 5.92 Å². The molecule has 5 heteroatoms. The molecule has 1 aliphatic rings. The summed E-state index contributed by atoms with van der Waals surface area (Å²) in [5, 5.41) is 8.75. The van der Waals surface area contributed by atoms with Crippen LogP contribution in [0.4, 0.5) is 0 Å². The molecule has 5 nitrogen and oxygen atoms in total. The van der Waals surface area contributed by atoms with Crippen LogP contribution in [-0.4, -0.2) is 23.0 Å². The second-order valence-electron chi connectivity index (χ2n) is 7.15. The van der Waals surface area contributed by atoms with E-state index in [1.807, 2.05) is 6.92 Å². The molecule has 0 aromatic carbocycles. The van der Waals surface area contributed by atoms with Gasteiger partial charge in [0.1, 0.15) is 0 Å². The Morgan fingerprint density at radius 3 is 2.42 bits per heavy atom. The van der Waals surface area contributed by atoms with Gasteiger partial charge in [0.05, 0.1) is 0 Å². The van der Waals surface area contributed by atoms with Crippen LogP contribution in [0.2, 0.25) is 0 Å². The van der Waals surface area contributed by atoms with Crippen LogP contribution in [0.25, 0.3) is 0 Å². The number of carboxylic acid groups (broad SMARTS) is 1. The Labute approximate surface area is 155 Å². The number of carboxylic acids is 1. The highest BCUT2D eigenvalue weighted by atomic mass is 16.6. The number of ether oxygens (including phenoxy) is 1. The first kappa shape index (κ1) is 21.9. The molecule has 0 aromatic heterocycles. The molecule has 1 rings (SSSR count). The third-order valence-electron chi connectivity index (χ3n) is 4.47. The van der Waals surface area contributed by atoms with Crippen molar-refractivity contribution >= 4 is 17.9 Å². The van der Waals surface area contributed by atoms with Crippen LogP contribution in [0.3, 0.4) is 0 Å². The Balaban J connectivity index is 2.20. The van der Waals surface area contributed by atoms with Gasteiger partial charge in [0.2, 0.25) is 0 Å². The number of hydrogen-bond acceptors (Lipinski definition) is 4. The minimum absolute atomic E-state index is 0.209. The fourth-order valence-corrected chi connectivity index (χ4v) is 2.88. The first-order valence-corrected chi connectivity index (χ1v) is 9.27. The van der Waals surface area contributed by atoms with Crippen molar-refractivity contribution in [2.75, 3.05) is 0 Å². The maximum atomic E-state index is 11.3. The molecule has 1 N–H and O–H groups in total. The van der Waals surface area contributed by atoms with Crippen LogP contribution in [-0.2, 0) is 19.1 Å². The van der Waals surface area contributed by atoms with Gasteiger partial charge < -0.3 is 9.84 Å². The van der Waals surface area contributed by atoms with Crippen LogP contribution in [0.5, 0.6) is 0 Å². The molecule has 0 unspecified atom stereocenters. The lowest BCUT2D eigenvalue weighted by Crippen LogP contribution is -2.03. The lowest BCUT2D eigenvalue weighted by atomic mass is 10.00. The zero-order valence-corrected chi connectivity index (χ0v) is 16.0. The summed E-state index contributed by atoms with van der Waals surface area (Å²) in [4.78, 5) is 32.9. The predicted molar refractivity (Wildman–Crippen MR) is 100 cm³/mol. The van der Waals surface area contributed by atoms with Gasteiger partial charge in [-0.15, -0.1) is 0 Å². The van der Waals surface area contributed by atoms with Gasteiger partial charge in [0.15, 0.2) is 0 Å². The van der Waals surface area contributed by atoms with Crippen molar-refractivity contribution in [3.8, 4) is 0 Å². The average molecular weight is 362 g/mol. The van der Waals surface area contributed by atoms with Crippen LogP contribution >= 0.6 is 0 Å². The fourth-order valence-electron chi connectivity index (χ4n) is 2.88. The number of rotatable bonds is 12. The molecule has 1 aliphatic heterocycles. The number of carbonyl (C=O) groups is 3. The Morgan fingerprint density at radius 1 is 1.15 bits per heavy atom. The summed E-state index contributed by atoms with van der Waals surface area (Å²) in [5.74, 6) is -1.58. The summed E-state index contributed by atoms with van der Waals surface area (Å²) < 4.78 is 4.47. The number of allylic oxidation sites excluding steroid dienone is 4. The zero-order valence-electron chi connectivity index (χ0n) is 16.0. The highest BCUT2D eigenvalue weighted by molar-refractivity contribution is 6.08.